The van der Waals surface area contributed by atoms with E-state index in [1.807, 2.05) is 0 Å². The second kappa shape index (κ2) is 6.42. The fourth-order valence-corrected chi connectivity index (χ4v) is 2.57. The van der Waals surface area contributed by atoms with Gasteiger partial charge in [0.25, 0.3) is 0 Å². The van der Waals surface area contributed by atoms with Gasteiger partial charge in [-0.05, 0) is 43.4 Å². The predicted octanol–water partition coefficient (Wildman–Crippen LogP) is 3.53. The van der Waals surface area contributed by atoms with Crippen LogP contribution in [0.5, 0.6) is 0 Å². The maximum Gasteiger partial charge on any atom is 0.122 e. The van der Waals surface area contributed by atoms with Gasteiger partial charge in [0.1, 0.15) is 6.73 Å². The summed E-state index contributed by atoms with van der Waals surface area (Å²) >= 11 is 0. The number of fused-ring (bicyclic) bond motifs is 1. The van der Waals surface area contributed by atoms with E-state index >= 15 is 0 Å². The van der Waals surface area contributed by atoms with Crippen LogP contribution in [0.2, 0.25) is 0 Å². The number of nitrogens with zero attached hydrogens (tertiary/aromatic N) is 1. The van der Waals surface area contributed by atoms with Crippen molar-refractivity contribution in [2.24, 2.45) is 5.92 Å². The molecule has 20 heavy (non-hydrogen) atoms. The average Bonchev–Trinajstić information content (AvgIpc) is 3.23. The third kappa shape index (κ3) is 3.22. The molecule has 3 rings (SSSR count). The Hall–Kier alpha value is -1.32. The molecular weight excluding hydrogens is 248 g/mol. The molecule has 108 valence electrons. The number of para-hydroxylation sites is 1. The maximum atomic E-state index is 5.83. The van der Waals surface area contributed by atoms with E-state index in [4.69, 9.17) is 4.74 Å². The summed E-state index contributed by atoms with van der Waals surface area (Å²) in [5.74, 6) is 0.822. The van der Waals surface area contributed by atoms with Crippen molar-refractivity contribution in [2.45, 2.75) is 39.5 Å². The molecule has 2 aromatic rings. The van der Waals surface area contributed by atoms with Gasteiger partial charge in [0.15, 0.2) is 0 Å². The Balaban J connectivity index is 1.72. The van der Waals surface area contributed by atoms with Gasteiger partial charge >= 0.3 is 0 Å². The number of ether oxygens (including phenoxy) is 1. The van der Waals surface area contributed by atoms with E-state index < -0.39 is 0 Å². The van der Waals surface area contributed by atoms with Crippen LogP contribution in [0, 0.1) is 5.92 Å². The first-order valence-corrected chi connectivity index (χ1v) is 7.73. The van der Waals surface area contributed by atoms with Crippen LogP contribution in [0.4, 0.5) is 0 Å². The lowest BCUT2D eigenvalue weighted by molar-refractivity contribution is 0.0717. The van der Waals surface area contributed by atoms with Crippen molar-refractivity contribution < 1.29 is 4.74 Å². The largest absolute Gasteiger partial charge is 0.360 e. The maximum absolute atomic E-state index is 5.83. The van der Waals surface area contributed by atoms with Gasteiger partial charge in [0.05, 0.1) is 12.1 Å². The Bertz CT molecular complexity index is 557. The fourth-order valence-electron chi connectivity index (χ4n) is 2.57. The monoisotopic (exact) mass is 272 g/mol. The summed E-state index contributed by atoms with van der Waals surface area (Å²) in [5, 5.41) is 4.83. The quantitative estimate of drug-likeness (QED) is 0.744. The molecule has 0 aliphatic heterocycles. The highest BCUT2D eigenvalue weighted by Gasteiger charge is 2.21. The van der Waals surface area contributed by atoms with E-state index in [0.717, 1.165) is 25.6 Å². The number of benzene rings is 1. The summed E-state index contributed by atoms with van der Waals surface area (Å²) in [4.78, 5) is 0. The average molecular weight is 272 g/mol. The van der Waals surface area contributed by atoms with Gasteiger partial charge in [-0.2, -0.15) is 0 Å². The lowest BCUT2D eigenvalue weighted by Gasteiger charge is -2.06. The highest BCUT2D eigenvalue weighted by Crippen LogP contribution is 2.29. The summed E-state index contributed by atoms with van der Waals surface area (Å²) < 4.78 is 8.07. The first-order valence-electron chi connectivity index (χ1n) is 7.73. The summed E-state index contributed by atoms with van der Waals surface area (Å²) in [6.07, 6.45) is 6.10. The molecule has 0 bridgehead atoms. The van der Waals surface area contributed by atoms with Crippen molar-refractivity contribution in [2.75, 3.05) is 13.2 Å². The first kappa shape index (κ1) is 13.7. The van der Waals surface area contributed by atoms with Crippen LogP contribution in [-0.4, -0.2) is 17.7 Å². The molecular formula is C17H24N2O. The molecule has 1 aromatic heterocycles. The van der Waals surface area contributed by atoms with E-state index in [-0.39, 0.29) is 0 Å². The summed E-state index contributed by atoms with van der Waals surface area (Å²) in [6, 6.07) is 8.60. The molecule has 0 unspecified atom stereocenters. The van der Waals surface area contributed by atoms with Crippen molar-refractivity contribution >= 4 is 10.9 Å². The number of aromatic nitrogens is 1. The Morgan fingerprint density at radius 1 is 1.30 bits per heavy atom. The van der Waals surface area contributed by atoms with Gasteiger partial charge in [-0.25, -0.2) is 0 Å². The van der Waals surface area contributed by atoms with Gasteiger partial charge in [-0.15, -0.1) is 0 Å². The minimum Gasteiger partial charge on any atom is -0.360 e. The Morgan fingerprint density at radius 3 is 2.95 bits per heavy atom. The van der Waals surface area contributed by atoms with E-state index in [9.17, 15) is 0 Å². The molecule has 0 amide bonds. The van der Waals surface area contributed by atoms with Crippen molar-refractivity contribution in [3.8, 4) is 0 Å². The number of nitrogens with one attached hydrogen (secondary N) is 1. The Morgan fingerprint density at radius 2 is 2.15 bits per heavy atom. The zero-order valence-electron chi connectivity index (χ0n) is 12.3. The second-order valence-electron chi connectivity index (χ2n) is 5.76. The molecule has 0 spiro atoms. The lowest BCUT2D eigenvalue weighted by atomic mass is 10.2. The normalized spacial score (nSPS) is 15.1. The van der Waals surface area contributed by atoms with Gasteiger partial charge < -0.3 is 14.6 Å². The van der Waals surface area contributed by atoms with Crippen molar-refractivity contribution in [1.29, 1.82) is 0 Å². The zero-order chi connectivity index (χ0) is 13.8. The van der Waals surface area contributed by atoms with Gasteiger partial charge in [-0.1, -0.05) is 25.1 Å². The van der Waals surface area contributed by atoms with Gasteiger partial charge in [-0.3, -0.25) is 0 Å². The topological polar surface area (TPSA) is 26.2 Å². The van der Waals surface area contributed by atoms with Crippen LogP contribution in [-0.2, 0) is 18.0 Å². The van der Waals surface area contributed by atoms with E-state index in [1.165, 1.54) is 35.7 Å². The third-order valence-corrected chi connectivity index (χ3v) is 3.89. The van der Waals surface area contributed by atoms with E-state index in [2.05, 4.69) is 47.3 Å². The van der Waals surface area contributed by atoms with Crippen molar-refractivity contribution in [3.63, 3.8) is 0 Å². The van der Waals surface area contributed by atoms with E-state index in [1.54, 1.807) is 0 Å². The molecule has 1 fully saturated rings. The number of rotatable bonds is 8. The summed E-state index contributed by atoms with van der Waals surface area (Å²) in [6.45, 7) is 5.78. The van der Waals surface area contributed by atoms with Crippen LogP contribution in [0.1, 0.15) is 31.7 Å². The van der Waals surface area contributed by atoms with Crippen LogP contribution in [0.15, 0.2) is 30.5 Å². The minimum absolute atomic E-state index is 0.671. The molecule has 1 aromatic carbocycles. The number of hydrogen-bond acceptors (Lipinski definition) is 2. The fraction of sp³-hybridized carbons (Fsp3) is 0.529. The lowest BCUT2D eigenvalue weighted by Crippen LogP contribution is -2.13. The zero-order valence-corrected chi connectivity index (χ0v) is 12.3. The number of hydrogen-bond donors (Lipinski definition) is 1. The molecule has 1 aliphatic carbocycles. The molecule has 1 heterocycles. The first-order chi connectivity index (χ1) is 9.88. The SMILES string of the molecule is CCCNCc1cn(COCC2CC2)c2ccccc12. The van der Waals surface area contributed by atoms with E-state index in [0.29, 0.717) is 6.73 Å². The molecule has 0 atom stereocenters. The Kier molecular flexibility index (Phi) is 4.38. The molecule has 1 aliphatic rings. The molecule has 0 saturated heterocycles. The van der Waals surface area contributed by atoms with Crippen LogP contribution >= 0.6 is 0 Å². The van der Waals surface area contributed by atoms with Gasteiger partial charge in [0, 0.05) is 18.1 Å². The van der Waals surface area contributed by atoms with Crippen LogP contribution < -0.4 is 5.32 Å². The van der Waals surface area contributed by atoms with Crippen molar-refractivity contribution in [1.82, 2.24) is 9.88 Å². The standard InChI is InChI=1S/C17H24N2O/c1-2-9-18-10-15-11-19(13-20-12-14-7-8-14)17-6-4-3-5-16(15)17/h3-6,11,14,18H,2,7-10,12-13H2,1H3. The molecule has 0 radical (unpaired) electrons. The van der Waals surface area contributed by atoms with Crippen LogP contribution in [0.25, 0.3) is 10.9 Å². The molecule has 3 nitrogen and oxygen atoms in total. The predicted molar refractivity (Wildman–Crippen MR) is 82.6 cm³/mol. The summed E-state index contributed by atoms with van der Waals surface area (Å²) in [7, 11) is 0. The minimum atomic E-state index is 0.671. The summed E-state index contributed by atoms with van der Waals surface area (Å²) in [5.41, 5.74) is 2.64. The molecule has 3 heteroatoms. The molecule has 1 N–H and O–H groups in total. The van der Waals surface area contributed by atoms with Gasteiger partial charge in [0.2, 0.25) is 0 Å². The smallest absolute Gasteiger partial charge is 0.122 e. The third-order valence-electron chi connectivity index (χ3n) is 3.89. The Labute approximate surface area is 120 Å². The second-order valence-corrected chi connectivity index (χ2v) is 5.76. The van der Waals surface area contributed by atoms with Crippen LogP contribution in [0.3, 0.4) is 0 Å². The molecule has 1 saturated carbocycles. The van der Waals surface area contributed by atoms with Crippen molar-refractivity contribution in [3.05, 3.63) is 36.0 Å². The highest BCUT2D eigenvalue weighted by atomic mass is 16.5. The highest BCUT2D eigenvalue weighted by molar-refractivity contribution is 5.83.